The Labute approximate surface area is 110 Å². The van der Waals surface area contributed by atoms with E-state index in [0.29, 0.717) is 25.2 Å². The number of nitrogens with one attached hydrogen (secondary N) is 1. The van der Waals surface area contributed by atoms with Crippen molar-refractivity contribution >= 4 is 0 Å². The number of hydrogen-bond donors (Lipinski definition) is 1. The molecular formula is C15H25NO2. The Morgan fingerprint density at radius 1 is 1.22 bits per heavy atom. The molecule has 1 aromatic rings. The summed E-state index contributed by atoms with van der Waals surface area (Å²) in [5.74, 6) is 1.55. The van der Waals surface area contributed by atoms with Crippen LogP contribution < -0.4 is 10.1 Å². The van der Waals surface area contributed by atoms with E-state index in [9.17, 15) is 0 Å². The van der Waals surface area contributed by atoms with Crippen LogP contribution in [0.5, 0.6) is 5.75 Å². The van der Waals surface area contributed by atoms with Gasteiger partial charge in [0.1, 0.15) is 12.4 Å². The lowest BCUT2D eigenvalue weighted by atomic mass is 10.1. The highest BCUT2D eigenvalue weighted by Crippen LogP contribution is 2.13. The van der Waals surface area contributed by atoms with E-state index in [1.165, 1.54) is 0 Å². The van der Waals surface area contributed by atoms with Crippen LogP contribution in [-0.4, -0.2) is 26.3 Å². The van der Waals surface area contributed by atoms with Crippen molar-refractivity contribution in [3.8, 4) is 5.75 Å². The highest BCUT2D eigenvalue weighted by atomic mass is 16.5. The molecule has 1 N–H and O–H groups in total. The number of rotatable bonds is 8. The van der Waals surface area contributed by atoms with Crippen molar-refractivity contribution in [2.75, 3.05) is 20.3 Å². The lowest BCUT2D eigenvalue weighted by Gasteiger charge is -2.17. The van der Waals surface area contributed by atoms with Crippen molar-refractivity contribution in [1.82, 2.24) is 5.32 Å². The van der Waals surface area contributed by atoms with Crippen LogP contribution in [0.3, 0.4) is 0 Å². The number of methoxy groups -OCH3 is 1. The van der Waals surface area contributed by atoms with Gasteiger partial charge in [-0.1, -0.05) is 26.0 Å². The highest BCUT2D eigenvalue weighted by molar-refractivity contribution is 5.28. The van der Waals surface area contributed by atoms with E-state index in [1.54, 1.807) is 7.11 Å². The second kappa shape index (κ2) is 8.11. The van der Waals surface area contributed by atoms with Gasteiger partial charge >= 0.3 is 0 Å². The summed E-state index contributed by atoms with van der Waals surface area (Å²) in [4.78, 5) is 0. The molecule has 1 aromatic carbocycles. The van der Waals surface area contributed by atoms with Crippen LogP contribution in [0.1, 0.15) is 26.3 Å². The molecule has 0 aliphatic rings. The van der Waals surface area contributed by atoms with Gasteiger partial charge in [-0.15, -0.1) is 0 Å². The zero-order chi connectivity index (χ0) is 13.4. The van der Waals surface area contributed by atoms with E-state index >= 15 is 0 Å². The van der Waals surface area contributed by atoms with Crippen LogP contribution in [-0.2, 0) is 11.3 Å². The maximum absolute atomic E-state index is 5.71. The van der Waals surface area contributed by atoms with Gasteiger partial charge in [0.25, 0.3) is 0 Å². The molecule has 0 amide bonds. The second-order valence-corrected chi connectivity index (χ2v) is 4.92. The monoisotopic (exact) mass is 251 g/mol. The van der Waals surface area contributed by atoms with Gasteiger partial charge in [-0.2, -0.15) is 0 Å². The number of benzene rings is 1. The van der Waals surface area contributed by atoms with Crippen LogP contribution >= 0.6 is 0 Å². The summed E-state index contributed by atoms with van der Waals surface area (Å²) in [7, 11) is 1.70. The summed E-state index contributed by atoms with van der Waals surface area (Å²) in [6, 6.07) is 8.55. The molecule has 18 heavy (non-hydrogen) atoms. The molecule has 1 rings (SSSR count). The summed E-state index contributed by atoms with van der Waals surface area (Å²) < 4.78 is 10.8. The standard InChI is InChI=1S/C15H25NO2/c1-12(2)13(3)16-8-9-18-15-7-5-6-14(10-15)11-17-4/h5-7,10,12-13,16H,8-9,11H2,1-4H3. The largest absolute Gasteiger partial charge is 0.492 e. The predicted molar refractivity (Wildman–Crippen MR) is 75.0 cm³/mol. The molecule has 0 aliphatic heterocycles. The zero-order valence-electron chi connectivity index (χ0n) is 11.9. The van der Waals surface area contributed by atoms with Gasteiger partial charge in [0.2, 0.25) is 0 Å². The second-order valence-electron chi connectivity index (χ2n) is 4.92. The molecule has 3 heteroatoms. The first kappa shape index (κ1) is 15.0. The summed E-state index contributed by atoms with van der Waals surface area (Å²) in [5, 5.41) is 3.44. The molecule has 1 atom stereocenters. The van der Waals surface area contributed by atoms with E-state index in [4.69, 9.17) is 9.47 Å². The first-order chi connectivity index (χ1) is 8.63. The van der Waals surface area contributed by atoms with Crippen molar-refractivity contribution in [2.24, 2.45) is 5.92 Å². The fourth-order valence-electron chi connectivity index (χ4n) is 1.58. The van der Waals surface area contributed by atoms with Gasteiger partial charge in [-0.3, -0.25) is 0 Å². The molecule has 102 valence electrons. The average molecular weight is 251 g/mol. The summed E-state index contributed by atoms with van der Waals surface area (Å²) in [5.41, 5.74) is 1.14. The van der Waals surface area contributed by atoms with Crippen LogP contribution in [0.25, 0.3) is 0 Å². The van der Waals surface area contributed by atoms with E-state index in [1.807, 2.05) is 24.3 Å². The summed E-state index contributed by atoms with van der Waals surface area (Å²) in [6.07, 6.45) is 0. The molecule has 0 heterocycles. The molecule has 3 nitrogen and oxygen atoms in total. The number of ether oxygens (including phenoxy) is 2. The average Bonchev–Trinajstić information content (AvgIpc) is 2.35. The van der Waals surface area contributed by atoms with Crippen molar-refractivity contribution < 1.29 is 9.47 Å². The zero-order valence-corrected chi connectivity index (χ0v) is 11.9. The van der Waals surface area contributed by atoms with E-state index in [0.717, 1.165) is 17.9 Å². The summed E-state index contributed by atoms with van der Waals surface area (Å²) in [6.45, 7) is 8.81. The Balaban J connectivity index is 2.28. The van der Waals surface area contributed by atoms with Gasteiger partial charge in [-0.05, 0) is 30.5 Å². The Morgan fingerprint density at radius 3 is 2.67 bits per heavy atom. The van der Waals surface area contributed by atoms with Crippen molar-refractivity contribution in [3.63, 3.8) is 0 Å². The van der Waals surface area contributed by atoms with Gasteiger partial charge in [0, 0.05) is 19.7 Å². The molecule has 0 bridgehead atoms. The van der Waals surface area contributed by atoms with Crippen LogP contribution in [0, 0.1) is 5.92 Å². The van der Waals surface area contributed by atoms with Crippen molar-refractivity contribution in [1.29, 1.82) is 0 Å². The Hall–Kier alpha value is -1.06. The van der Waals surface area contributed by atoms with Gasteiger partial charge < -0.3 is 14.8 Å². The topological polar surface area (TPSA) is 30.5 Å². The molecule has 0 aliphatic carbocycles. The van der Waals surface area contributed by atoms with Crippen LogP contribution in [0.2, 0.25) is 0 Å². The first-order valence-corrected chi connectivity index (χ1v) is 6.57. The minimum absolute atomic E-state index is 0.522. The Kier molecular flexibility index (Phi) is 6.76. The SMILES string of the molecule is COCc1cccc(OCCNC(C)C(C)C)c1. The molecule has 0 spiro atoms. The normalized spacial score (nSPS) is 12.7. The molecular weight excluding hydrogens is 226 g/mol. The van der Waals surface area contributed by atoms with Gasteiger partial charge in [0.15, 0.2) is 0 Å². The highest BCUT2D eigenvalue weighted by Gasteiger charge is 2.05. The molecule has 0 saturated carbocycles. The smallest absolute Gasteiger partial charge is 0.119 e. The van der Waals surface area contributed by atoms with E-state index in [-0.39, 0.29) is 0 Å². The molecule has 0 fully saturated rings. The third-order valence-corrected chi connectivity index (χ3v) is 3.05. The van der Waals surface area contributed by atoms with E-state index < -0.39 is 0 Å². The molecule has 0 saturated heterocycles. The lowest BCUT2D eigenvalue weighted by molar-refractivity contribution is 0.184. The Bertz CT molecular complexity index is 339. The van der Waals surface area contributed by atoms with Crippen LogP contribution in [0.15, 0.2) is 24.3 Å². The van der Waals surface area contributed by atoms with Gasteiger partial charge in [0.05, 0.1) is 6.61 Å². The third-order valence-electron chi connectivity index (χ3n) is 3.05. The Morgan fingerprint density at radius 2 is 2.00 bits per heavy atom. The van der Waals surface area contributed by atoms with Crippen molar-refractivity contribution in [3.05, 3.63) is 29.8 Å². The number of hydrogen-bond acceptors (Lipinski definition) is 3. The maximum atomic E-state index is 5.71. The van der Waals surface area contributed by atoms with Crippen molar-refractivity contribution in [2.45, 2.75) is 33.4 Å². The molecule has 0 aromatic heterocycles. The quantitative estimate of drug-likeness (QED) is 0.721. The summed E-state index contributed by atoms with van der Waals surface area (Å²) >= 11 is 0. The molecule has 1 unspecified atom stereocenters. The lowest BCUT2D eigenvalue weighted by Crippen LogP contribution is -2.33. The predicted octanol–water partition coefficient (Wildman–Crippen LogP) is 2.85. The fourth-order valence-corrected chi connectivity index (χ4v) is 1.58. The fraction of sp³-hybridized carbons (Fsp3) is 0.600. The van der Waals surface area contributed by atoms with Crippen LogP contribution in [0.4, 0.5) is 0 Å². The first-order valence-electron chi connectivity index (χ1n) is 6.57. The van der Waals surface area contributed by atoms with E-state index in [2.05, 4.69) is 26.1 Å². The minimum Gasteiger partial charge on any atom is -0.492 e. The maximum Gasteiger partial charge on any atom is 0.119 e. The minimum atomic E-state index is 0.522. The van der Waals surface area contributed by atoms with Gasteiger partial charge in [-0.25, -0.2) is 0 Å². The third kappa shape index (κ3) is 5.52. The molecule has 0 radical (unpaired) electrons.